The SMILES string of the molecule is CC(N)C(C)C(=O)N(C)C(C)c1ccccc1O. The number of carbonyl (C=O) groups is 1. The van der Waals surface area contributed by atoms with Crippen LogP contribution in [0.1, 0.15) is 32.4 Å². The second-order valence-electron chi connectivity index (χ2n) is 4.83. The molecule has 3 atom stereocenters. The summed E-state index contributed by atoms with van der Waals surface area (Å²) < 4.78 is 0. The molecule has 0 fully saturated rings. The van der Waals surface area contributed by atoms with E-state index in [0.29, 0.717) is 0 Å². The fourth-order valence-electron chi connectivity index (χ4n) is 1.79. The van der Waals surface area contributed by atoms with E-state index < -0.39 is 0 Å². The lowest BCUT2D eigenvalue weighted by Gasteiger charge is -2.29. The molecule has 1 aromatic carbocycles. The van der Waals surface area contributed by atoms with Crippen LogP contribution < -0.4 is 5.73 Å². The molecule has 0 spiro atoms. The van der Waals surface area contributed by atoms with E-state index in [0.717, 1.165) is 5.56 Å². The zero-order valence-electron chi connectivity index (χ0n) is 11.4. The van der Waals surface area contributed by atoms with Gasteiger partial charge in [0.15, 0.2) is 0 Å². The van der Waals surface area contributed by atoms with Gasteiger partial charge in [0, 0.05) is 18.7 Å². The summed E-state index contributed by atoms with van der Waals surface area (Å²) in [6.07, 6.45) is 0. The molecule has 0 aromatic heterocycles. The maximum absolute atomic E-state index is 12.2. The molecule has 0 radical (unpaired) electrons. The lowest BCUT2D eigenvalue weighted by molar-refractivity contribution is -0.136. The Labute approximate surface area is 108 Å². The van der Waals surface area contributed by atoms with Gasteiger partial charge < -0.3 is 15.7 Å². The fraction of sp³-hybridized carbons (Fsp3) is 0.500. The molecule has 0 heterocycles. The summed E-state index contributed by atoms with van der Waals surface area (Å²) in [6, 6.07) is 6.69. The fourth-order valence-corrected chi connectivity index (χ4v) is 1.79. The third-order valence-corrected chi connectivity index (χ3v) is 3.49. The molecule has 1 amide bonds. The quantitative estimate of drug-likeness (QED) is 0.857. The minimum atomic E-state index is -0.233. The summed E-state index contributed by atoms with van der Waals surface area (Å²) in [6.45, 7) is 5.53. The van der Waals surface area contributed by atoms with Gasteiger partial charge in [-0.2, -0.15) is 0 Å². The third-order valence-electron chi connectivity index (χ3n) is 3.49. The number of carbonyl (C=O) groups excluding carboxylic acids is 1. The van der Waals surface area contributed by atoms with Gasteiger partial charge in [0.05, 0.1) is 12.0 Å². The van der Waals surface area contributed by atoms with Crippen molar-refractivity contribution in [3.63, 3.8) is 0 Å². The van der Waals surface area contributed by atoms with Crippen molar-refractivity contribution in [1.82, 2.24) is 4.90 Å². The van der Waals surface area contributed by atoms with Crippen molar-refractivity contribution in [3.8, 4) is 5.75 Å². The Morgan fingerprint density at radius 2 is 1.83 bits per heavy atom. The largest absolute Gasteiger partial charge is 0.508 e. The van der Waals surface area contributed by atoms with E-state index in [4.69, 9.17) is 5.73 Å². The number of hydrogen-bond acceptors (Lipinski definition) is 3. The van der Waals surface area contributed by atoms with Crippen molar-refractivity contribution in [2.24, 2.45) is 11.7 Å². The van der Waals surface area contributed by atoms with Gasteiger partial charge >= 0.3 is 0 Å². The highest BCUT2D eigenvalue weighted by molar-refractivity contribution is 5.79. The summed E-state index contributed by atoms with van der Waals surface area (Å²) in [5.41, 5.74) is 6.49. The van der Waals surface area contributed by atoms with Crippen LogP contribution >= 0.6 is 0 Å². The summed E-state index contributed by atoms with van der Waals surface area (Å²) in [4.78, 5) is 13.8. The van der Waals surface area contributed by atoms with Crippen LogP contribution in [0.25, 0.3) is 0 Å². The van der Waals surface area contributed by atoms with Crippen molar-refractivity contribution in [2.75, 3.05) is 7.05 Å². The summed E-state index contributed by atoms with van der Waals surface area (Å²) >= 11 is 0. The van der Waals surface area contributed by atoms with Crippen LogP contribution in [0.4, 0.5) is 0 Å². The highest BCUT2D eigenvalue weighted by atomic mass is 16.3. The summed E-state index contributed by atoms with van der Waals surface area (Å²) in [5.74, 6) is -0.0397. The van der Waals surface area contributed by atoms with Crippen molar-refractivity contribution in [1.29, 1.82) is 0 Å². The molecule has 4 nitrogen and oxygen atoms in total. The number of aromatic hydroxyl groups is 1. The Bertz CT molecular complexity index is 418. The van der Waals surface area contributed by atoms with E-state index in [1.165, 1.54) is 0 Å². The number of amides is 1. The summed E-state index contributed by atoms with van der Waals surface area (Å²) in [5, 5.41) is 9.80. The Kier molecular flexibility index (Phi) is 4.73. The first kappa shape index (κ1) is 14.5. The van der Waals surface area contributed by atoms with Gasteiger partial charge in [-0.05, 0) is 19.9 Å². The van der Waals surface area contributed by atoms with Crippen LogP contribution in [0.2, 0.25) is 0 Å². The molecule has 0 saturated carbocycles. The molecule has 0 aliphatic rings. The molecule has 18 heavy (non-hydrogen) atoms. The average molecular weight is 250 g/mol. The zero-order valence-corrected chi connectivity index (χ0v) is 11.4. The highest BCUT2D eigenvalue weighted by Crippen LogP contribution is 2.28. The molecule has 4 heteroatoms. The highest BCUT2D eigenvalue weighted by Gasteiger charge is 2.25. The van der Waals surface area contributed by atoms with Gasteiger partial charge in [0.1, 0.15) is 5.75 Å². The van der Waals surface area contributed by atoms with Crippen LogP contribution in [0.3, 0.4) is 0 Å². The zero-order chi connectivity index (χ0) is 13.9. The van der Waals surface area contributed by atoms with Gasteiger partial charge in [-0.15, -0.1) is 0 Å². The van der Waals surface area contributed by atoms with Crippen molar-refractivity contribution in [3.05, 3.63) is 29.8 Å². The average Bonchev–Trinajstić information content (AvgIpc) is 2.35. The number of rotatable bonds is 4. The van der Waals surface area contributed by atoms with Crippen molar-refractivity contribution < 1.29 is 9.90 Å². The first-order chi connectivity index (χ1) is 8.36. The molecular formula is C14H22N2O2. The van der Waals surface area contributed by atoms with Crippen LogP contribution in [-0.2, 0) is 4.79 Å². The second-order valence-corrected chi connectivity index (χ2v) is 4.83. The van der Waals surface area contributed by atoms with Crippen LogP contribution in [0.15, 0.2) is 24.3 Å². The first-order valence-electron chi connectivity index (χ1n) is 6.16. The van der Waals surface area contributed by atoms with E-state index in [1.54, 1.807) is 24.1 Å². The summed E-state index contributed by atoms with van der Waals surface area (Å²) in [7, 11) is 1.73. The van der Waals surface area contributed by atoms with Gasteiger partial charge in [0.25, 0.3) is 0 Å². The maximum atomic E-state index is 12.2. The molecule has 0 saturated heterocycles. The molecule has 3 N–H and O–H groups in total. The lowest BCUT2D eigenvalue weighted by atomic mass is 10.00. The van der Waals surface area contributed by atoms with Crippen molar-refractivity contribution in [2.45, 2.75) is 32.9 Å². The number of nitrogens with two attached hydrogens (primary N) is 1. The second kappa shape index (κ2) is 5.87. The van der Waals surface area contributed by atoms with E-state index in [9.17, 15) is 9.90 Å². The Morgan fingerprint density at radius 1 is 1.28 bits per heavy atom. The number of hydrogen-bond donors (Lipinski definition) is 2. The number of para-hydroxylation sites is 1. The number of benzene rings is 1. The van der Waals surface area contributed by atoms with E-state index >= 15 is 0 Å². The molecular weight excluding hydrogens is 228 g/mol. The van der Waals surface area contributed by atoms with Crippen molar-refractivity contribution >= 4 is 5.91 Å². The van der Waals surface area contributed by atoms with E-state index in [-0.39, 0.29) is 29.7 Å². The Morgan fingerprint density at radius 3 is 2.33 bits per heavy atom. The van der Waals surface area contributed by atoms with Crippen LogP contribution in [0.5, 0.6) is 5.75 Å². The molecule has 1 aromatic rings. The Balaban J connectivity index is 2.88. The third kappa shape index (κ3) is 3.01. The monoisotopic (exact) mass is 250 g/mol. The molecule has 100 valence electrons. The standard InChI is InChI=1S/C14H22N2O2/c1-9(10(2)15)14(18)16(4)11(3)12-7-5-6-8-13(12)17/h5-11,17H,15H2,1-4H3. The van der Waals surface area contributed by atoms with E-state index in [2.05, 4.69) is 0 Å². The van der Waals surface area contributed by atoms with Gasteiger partial charge in [-0.1, -0.05) is 25.1 Å². The topological polar surface area (TPSA) is 66.6 Å². The normalized spacial score (nSPS) is 15.8. The van der Waals surface area contributed by atoms with Gasteiger partial charge in [0.2, 0.25) is 5.91 Å². The minimum Gasteiger partial charge on any atom is -0.508 e. The van der Waals surface area contributed by atoms with Gasteiger partial charge in [-0.25, -0.2) is 0 Å². The molecule has 0 aliphatic heterocycles. The van der Waals surface area contributed by atoms with Crippen LogP contribution in [-0.4, -0.2) is 29.0 Å². The smallest absolute Gasteiger partial charge is 0.227 e. The molecule has 3 unspecified atom stereocenters. The lowest BCUT2D eigenvalue weighted by Crippen LogP contribution is -2.40. The predicted molar refractivity (Wildman–Crippen MR) is 72.1 cm³/mol. The first-order valence-corrected chi connectivity index (χ1v) is 6.16. The number of phenols is 1. The predicted octanol–water partition coefficient (Wildman–Crippen LogP) is 1.89. The minimum absolute atomic E-state index is 0.0132. The van der Waals surface area contributed by atoms with E-state index in [1.807, 2.05) is 32.9 Å². The maximum Gasteiger partial charge on any atom is 0.227 e. The Hall–Kier alpha value is -1.55. The molecule has 0 bridgehead atoms. The molecule has 0 aliphatic carbocycles. The molecule has 1 rings (SSSR count). The number of nitrogens with zero attached hydrogens (tertiary/aromatic N) is 1. The van der Waals surface area contributed by atoms with Gasteiger partial charge in [-0.3, -0.25) is 4.79 Å². The number of phenolic OH excluding ortho intramolecular Hbond substituents is 1. The van der Waals surface area contributed by atoms with Crippen LogP contribution in [0, 0.1) is 5.92 Å².